The molecule has 26 heavy (non-hydrogen) atoms. The van der Waals surface area contributed by atoms with Crippen LogP contribution in [0.3, 0.4) is 0 Å². The van der Waals surface area contributed by atoms with Crippen LogP contribution < -0.4 is 5.32 Å². The van der Waals surface area contributed by atoms with Crippen molar-refractivity contribution in [1.29, 1.82) is 0 Å². The summed E-state index contributed by atoms with van der Waals surface area (Å²) < 4.78 is 1.65. The molecule has 1 N–H and O–H groups in total. The van der Waals surface area contributed by atoms with E-state index in [-0.39, 0.29) is 18.3 Å². The monoisotopic (exact) mass is 414 g/mol. The number of carbonyl (C=O) groups excluding carboxylic acids is 1. The van der Waals surface area contributed by atoms with Crippen molar-refractivity contribution in [2.24, 2.45) is 5.41 Å². The molecule has 2 aliphatic heterocycles. The van der Waals surface area contributed by atoms with Crippen molar-refractivity contribution in [2.75, 3.05) is 26.2 Å². The Labute approximate surface area is 169 Å². The molecule has 1 amide bonds. The summed E-state index contributed by atoms with van der Waals surface area (Å²) in [5.41, 5.74) is 1.64. The van der Waals surface area contributed by atoms with E-state index in [1.54, 1.807) is 29.1 Å². The summed E-state index contributed by atoms with van der Waals surface area (Å²) in [5.74, 6) is -0.000355. The van der Waals surface area contributed by atoms with Gasteiger partial charge in [-0.1, -0.05) is 23.2 Å². The van der Waals surface area contributed by atoms with Gasteiger partial charge in [0, 0.05) is 25.8 Å². The number of nitrogens with one attached hydrogen (secondary N) is 1. The van der Waals surface area contributed by atoms with Gasteiger partial charge >= 0.3 is 0 Å². The van der Waals surface area contributed by atoms with Crippen molar-refractivity contribution in [1.82, 2.24) is 20.0 Å². The van der Waals surface area contributed by atoms with E-state index in [1.165, 1.54) is 6.42 Å². The molecular weight excluding hydrogens is 395 g/mol. The van der Waals surface area contributed by atoms with E-state index >= 15 is 0 Å². The minimum absolute atomic E-state index is 0. The number of hydrogen-bond acceptors (Lipinski definition) is 3. The first-order chi connectivity index (χ1) is 12.1. The van der Waals surface area contributed by atoms with E-state index in [9.17, 15) is 4.79 Å². The topological polar surface area (TPSA) is 50.2 Å². The van der Waals surface area contributed by atoms with Gasteiger partial charge in [0.2, 0.25) is 0 Å². The lowest BCUT2D eigenvalue weighted by atomic mass is 9.78. The van der Waals surface area contributed by atoms with Crippen LogP contribution >= 0.6 is 35.6 Å². The van der Waals surface area contributed by atoms with Crippen molar-refractivity contribution in [3.63, 3.8) is 0 Å². The molecule has 2 fully saturated rings. The number of likely N-dealkylation sites (tertiary alicyclic amines) is 1. The standard InChI is InChI=1S/C18H20Cl2N4O.ClH/c19-14-2-1-13(11-15(14)20)24-8-3-16(22-24)17(25)23-9-5-18(6-10-23)4-7-21-12-18;/h1-3,8,11,21H,4-7,9-10,12H2;1H. The molecule has 0 unspecified atom stereocenters. The van der Waals surface area contributed by atoms with Crippen LogP contribution in [0.1, 0.15) is 29.8 Å². The Hall–Kier alpha value is -1.27. The highest BCUT2D eigenvalue weighted by molar-refractivity contribution is 6.42. The first kappa shape index (κ1) is 19.5. The second kappa shape index (κ2) is 7.77. The third-order valence-electron chi connectivity index (χ3n) is 5.42. The molecule has 2 aliphatic rings. The van der Waals surface area contributed by atoms with Gasteiger partial charge in [-0.05, 0) is 55.5 Å². The molecule has 0 bridgehead atoms. The highest BCUT2D eigenvalue weighted by Gasteiger charge is 2.38. The maximum Gasteiger partial charge on any atom is 0.274 e. The Morgan fingerprint density at radius 3 is 2.54 bits per heavy atom. The van der Waals surface area contributed by atoms with Gasteiger partial charge in [-0.2, -0.15) is 5.10 Å². The van der Waals surface area contributed by atoms with Gasteiger partial charge in [-0.3, -0.25) is 4.79 Å². The molecule has 1 aromatic heterocycles. The van der Waals surface area contributed by atoms with Crippen LogP contribution in [0, 0.1) is 5.41 Å². The van der Waals surface area contributed by atoms with Crippen LogP contribution in [0.5, 0.6) is 0 Å². The van der Waals surface area contributed by atoms with Crippen molar-refractivity contribution in [3.05, 3.63) is 46.2 Å². The number of piperidine rings is 1. The highest BCUT2D eigenvalue weighted by atomic mass is 35.5. The molecule has 140 valence electrons. The number of benzene rings is 1. The van der Waals surface area contributed by atoms with E-state index in [4.69, 9.17) is 23.2 Å². The molecule has 0 atom stereocenters. The van der Waals surface area contributed by atoms with Gasteiger partial charge in [0.1, 0.15) is 0 Å². The van der Waals surface area contributed by atoms with E-state index < -0.39 is 0 Å². The summed E-state index contributed by atoms with van der Waals surface area (Å²) in [6, 6.07) is 7.05. The largest absolute Gasteiger partial charge is 0.337 e. The predicted molar refractivity (Wildman–Crippen MR) is 106 cm³/mol. The quantitative estimate of drug-likeness (QED) is 0.811. The number of hydrogen-bond donors (Lipinski definition) is 1. The fraction of sp³-hybridized carbons (Fsp3) is 0.444. The van der Waals surface area contributed by atoms with Gasteiger partial charge in [-0.25, -0.2) is 4.68 Å². The lowest BCUT2D eigenvalue weighted by Crippen LogP contribution is -2.44. The number of amides is 1. The van der Waals surface area contributed by atoms with Crippen LogP contribution in [0.15, 0.2) is 30.5 Å². The summed E-state index contributed by atoms with van der Waals surface area (Å²) in [6.45, 7) is 3.79. The normalized spacial score (nSPS) is 18.8. The maximum atomic E-state index is 12.8. The average molecular weight is 416 g/mol. The summed E-state index contributed by atoms with van der Waals surface area (Å²) in [4.78, 5) is 14.7. The third-order valence-corrected chi connectivity index (χ3v) is 6.16. The first-order valence-electron chi connectivity index (χ1n) is 8.57. The van der Waals surface area contributed by atoms with Crippen LogP contribution in [-0.2, 0) is 0 Å². The van der Waals surface area contributed by atoms with Gasteiger partial charge in [0.15, 0.2) is 5.69 Å². The van der Waals surface area contributed by atoms with E-state index in [0.29, 0.717) is 21.2 Å². The smallest absolute Gasteiger partial charge is 0.274 e. The number of aromatic nitrogens is 2. The lowest BCUT2D eigenvalue weighted by molar-refractivity contribution is 0.0601. The van der Waals surface area contributed by atoms with Gasteiger partial charge < -0.3 is 10.2 Å². The second-order valence-corrected chi connectivity index (χ2v) is 7.78. The minimum atomic E-state index is -0.000355. The fourth-order valence-electron chi connectivity index (χ4n) is 3.78. The number of nitrogens with zero attached hydrogens (tertiary/aromatic N) is 3. The van der Waals surface area contributed by atoms with Crippen LogP contribution in [0.4, 0.5) is 0 Å². The lowest BCUT2D eigenvalue weighted by Gasteiger charge is -2.38. The van der Waals surface area contributed by atoms with Crippen LogP contribution in [0.25, 0.3) is 5.69 Å². The van der Waals surface area contributed by atoms with E-state index in [0.717, 1.165) is 44.7 Å². The Morgan fingerprint density at radius 1 is 1.12 bits per heavy atom. The molecule has 3 heterocycles. The molecule has 1 spiro atoms. The molecule has 5 nitrogen and oxygen atoms in total. The molecule has 1 aromatic carbocycles. The molecule has 8 heteroatoms. The zero-order valence-corrected chi connectivity index (χ0v) is 16.6. The molecule has 4 rings (SSSR count). The molecule has 0 saturated carbocycles. The fourth-order valence-corrected chi connectivity index (χ4v) is 4.07. The minimum Gasteiger partial charge on any atom is -0.337 e. The zero-order valence-electron chi connectivity index (χ0n) is 14.3. The summed E-state index contributed by atoms with van der Waals surface area (Å²) in [7, 11) is 0. The highest BCUT2D eigenvalue weighted by Crippen LogP contribution is 2.37. The van der Waals surface area contributed by atoms with Crippen molar-refractivity contribution in [3.8, 4) is 5.69 Å². The van der Waals surface area contributed by atoms with Crippen LogP contribution in [-0.4, -0.2) is 46.8 Å². The SMILES string of the molecule is Cl.O=C(c1ccn(-c2ccc(Cl)c(Cl)c2)n1)N1CCC2(CCNC2)CC1. The van der Waals surface area contributed by atoms with E-state index in [1.807, 2.05) is 11.0 Å². The Kier molecular flexibility index (Phi) is 5.82. The van der Waals surface area contributed by atoms with Gasteiger partial charge in [0.05, 0.1) is 15.7 Å². The number of halogens is 3. The zero-order chi connectivity index (χ0) is 17.4. The van der Waals surface area contributed by atoms with E-state index in [2.05, 4.69) is 10.4 Å². The molecule has 2 saturated heterocycles. The summed E-state index contributed by atoms with van der Waals surface area (Å²) >= 11 is 12.0. The summed E-state index contributed by atoms with van der Waals surface area (Å²) in [5, 5.41) is 8.84. The first-order valence-corrected chi connectivity index (χ1v) is 9.33. The third kappa shape index (κ3) is 3.72. The van der Waals surface area contributed by atoms with Crippen molar-refractivity contribution < 1.29 is 4.79 Å². The molecule has 2 aromatic rings. The summed E-state index contributed by atoms with van der Waals surface area (Å²) in [6.07, 6.45) is 5.14. The number of carbonyl (C=O) groups is 1. The van der Waals surface area contributed by atoms with Gasteiger partial charge in [0.25, 0.3) is 5.91 Å². The second-order valence-electron chi connectivity index (χ2n) is 6.96. The molecule has 0 radical (unpaired) electrons. The Morgan fingerprint density at radius 2 is 1.88 bits per heavy atom. The van der Waals surface area contributed by atoms with Crippen LogP contribution in [0.2, 0.25) is 10.0 Å². The Bertz CT molecular complexity index is 791. The predicted octanol–water partition coefficient (Wildman–Crippen LogP) is 3.82. The molecule has 0 aliphatic carbocycles. The van der Waals surface area contributed by atoms with Crippen molar-refractivity contribution in [2.45, 2.75) is 19.3 Å². The van der Waals surface area contributed by atoms with Gasteiger partial charge in [-0.15, -0.1) is 12.4 Å². The Balaban J connectivity index is 0.00000196. The van der Waals surface area contributed by atoms with Crippen molar-refractivity contribution >= 4 is 41.5 Å². The average Bonchev–Trinajstić information content (AvgIpc) is 3.28. The maximum absolute atomic E-state index is 12.8. The molecular formula is C18H21Cl3N4O. The number of rotatable bonds is 2.